The molecule has 0 saturated heterocycles. The number of unbranched alkanes of at least 4 members (excludes halogenated alkanes) is 24. The van der Waals surface area contributed by atoms with Crippen molar-refractivity contribution in [3.05, 3.63) is 13.8 Å². The summed E-state index contributed by atoms with van der Waals surface area (Å²) in [6.45, 7) is 7.81. The highest BCUT2D eigenvalue weighted by atomic mass is 14.0. The van der Waals surface area contributed by atoms with Crippen molar-refractivity contribution in [3.63, 3.8) is 0 Å². The van der Waals surface area contributed by atoms with E-state index in [4.69, 9.17) is 0 Å². The van der Waals surface area contributed by atoms with Crippen molar-refractivity contribution in [1.82, 2.24) is 0 Å². The Morgan fingerprint density at radius 3 is 0.700 bits per heavy atom. The van der Waals surface area contributed by atoms with E-state index in [1.54, 1.807) is 0 Å². The van der Waals surface area contributed by atoms with E-state index in [-0.39, 0.29) is 0 Å². The molecule has 0 heteroatoms. The van der Waals surface area contributed by atoms with Gasteiger partial charge in [-0.05, 0) is 12.8 Å². The second-order valence-corrected chi connectivity index (χ2v) is 9.34. The summed E-state index contributed by atoms with van der Waals surface area (Å²) in [4.78, 5) is 0. The van der Waals surface area contributed by atoms with Crippen LogP contribution in [0.2, 0.25) is 0 Å². The maximum Gasteiger partial charge on any atom is 0.00886 e. The number of hydrogen-bond acceptors (Lipinski definition) is 0. The summed E-state index contributed by atoms with van der Waals surface area (Å²) in [5, 5.41) is 0. The van der Waals surface area contributed by atoms with Crippen molar-refractivity contribution >= 4 is 0 Å². The first-order valence-corrected chi connectivity index (χ1v) is 14.0. The van der Waals surface area contributed by atoms with Crippen molar-refractivity contribution in [2.24, 2.45) is 0 Å². The van der Waals surface area contributed by atoms with Crippen LogP contribution >= 0.6 is 0 Å². The average Bonchev–Trinajstić information content (AvgIpc) is 2.76. The molecule has 0 unspecified atom stereocenters. The lowest BCUT2D eigenvalue weighted by Gasteiger charge is -2.03. The standard InChI is InChI=1S/C30H56/c1-3-5-7-9-11-13-15-17-19-21-23-25-27-29-30-28-26-24-22-20-18-16-14-12-10-8-6-4-2/h1-19,21,23-30H2. The topological polar surface area (TPSA) is 0 Å². The van der Waals surface area contributed by atoms with E-state index < -0.39 is 0 Å². The molecule has 0 spiro atoms. The molecule has 0 heterocycles. The summed E-state index contributed by atoms with van der Waals surface area (Å²) in [6.07, 6.45) is 35.4. The van der Waals surface area contributed by atoms with Gasteiger partial charge in [-0.25, -0.2) is 0 Å². The molecule has 0 saturated carbocycles. The van der Waals surface area contributed by atoms with Crippen LogP contribution in [0.4, 0.5) is 0 Å². The third-order valence-electron chi connectivity index (χ3n) is 6.23. The molecule has 0 aliphatic rings. The van der Waals surface area contributed by atoms with Crippen molar-refractivity contribution in [3.8, 4) is 11.8 Å². The van der Waals surface area contributed by atoms with Gasteiger partial charge in [-0.1, -0.05) is 155 Å². The molecule has 0 nitrogen and oxygen atoms in total. The highest BCUT2D eigenvalue weighted by Crippen LogP contribution is 2.14. The minimum atomic E-state index is 1.10. The molecule has 0 aromatic carbocycles. The summed E-state index contributed by atoms with van der Waals surface area (Å²) in [7, 11) is 0. The van der Waals surface area contributed by atoms with Gasteiger partial charge in [-0.3, -0.25) is 0 Å². The van der Waals surface area contributed by atoms with E-state index in [0.29, 0.717) is 0 Å². The van der Waals surface area contributed by atoms with Crippen LogP contribution in [0.15, 0.2) is 0 Å². The molecule has 0 bridgehead atoms. The van der Waals surface area contributed by atoms with Crippen LogP contribution in [-0.4, -0.2) is 0 Å². The first-order chi connectivity index (χ1) is 14.9. The number of rotatable bonds is 24. The van der Waals surface area contributed by atoms with E-state index in [2.05, 4.69) is 25.7 Å². The molecule has 0 aliphatic carbocycles. The van der Waals surface area contributed by atoms with Gasteiger partial charge in [-0.15, -0.1) is 11.8 Å². The normalized spacial score (nSPS) is 10.9. The van der Waals surface area contributed by atoms with Gasteiger partial charge in [0.15, 0.2) is 0 Å². The number of hydrogen-bond donors (Lipinski definition) is 0. The Kier molecular flexibility index (Phi) is 28.1. The van der Waals surface area contributed by atoms with Crippen LogP contribution in [0.5, 0.6) is 0 Å². The quantitative estimate of drug-likeness (QED) is 0.108. The van der Waals surface area contributed by atoms with Crippen LogP contribution in [0.3, 0.4) is 0 Å². The van der Waals surface area contributed by atoms with Gasteiger partial charge in [-0.2, -0.15) is 0 Å². The third-order valence-corrected chi connectivity index (χ3v) is 6.23. The Morgan fingerprint density at radius 2 is 0.467 bits per heavy atom. The van der Waals surface area contributed by atoms with Gasteiger partial charge in [0.1, 0.15) is 0 Å². The molecular weight excluding hydrogens is 360 g/mol. The second-order valence-electron chi connectivity index (χ2n) is 9.34. The van der Waals surface area contributed by atoms with Crippen molar-refractivity contribution < 1.29 is 0 Å². The summed E-state index contributed by atoms with van der Waals surface area (Å²) >= 11 is 0. The zero-order valence-electron chi connectivity index (χ0n) is 20.8. The van der Waals surface area contributed by atoms with Crippen LogP contribution < -0.4 is 0 Å². The van der Waals surface area contributed by atoms with Crippen LogP contribution in [-0.2, 0) is 0 Å². The first kappa shape index (κ1) is 29.6. The summed E-state index contributed by atoms with van der Waals surface area (Å²) < 4.78 is 0. The molecule has 176 valence electrons. The van der Waals surface area contributed by atoms with Crippen LogP contribution in [0, 0.1) is 25.7 Å². The van der Waals surface area contributed by atoms with Crippen molar-refractivity contribution in [2.45, 2.75) is 167 Å². The van der Waals surface area contributed by atoms with Gasteiger partial charge in [0.2, 0.25) is 0 Å². The van der Waals surface area contributed by atoms with E-state index >= 15 is 0 Å². The summed E-state index contributed by atoms with van der Waals surface area (Å²) in [5.41, 5.74) is 0. The average molecular weight is 417 g/mol. The predicted molar refractivity (Wildman–Crippen MR) is 139 cm³/mol. The summed E-state index contributed by atoms with van der Waals surface area (Å²) in [5.74, 6) is 6.77. The maximum atomic E-state index is 3.91. The van der Waals surface area contributed by atoms with Gasteiger partial charge in [0.05, 0.1) is 0 Å². The molecule has 0 aromatic rings. The zero-order chi connectivity index (χ0) is 21.8. The minimum absolute atomic E-state index is 1.10. The Labute approximate surface area is 192 Å². The smallest absolute Gasteiger partial charge is 0.00886 e. The monoisotopic (exact) mass is 416 g/mol. The minimum Gasteiger partial charge on any atom is -0.103 e. The lowest BCUT2D eigenvalue weighted by atomic mass is 10.0. The Bertz CT molecular complexity index is 345. The molecule has 0 aliphatic heterocycles. The van der Waals surface area contributed by atoms with Gasteiger partial charge in [0.25, 0.3) is 0 Å². The molecule has 0 atom stereocenters. The van der Waals surface area contributed by atoms with E-state index in [1.165, 1.54) is 141 Å². The molecule has 0 fully saturated rings. The molecule has 2 radical (unpaired) electrons. The van der Waals surface area contributed by atoms with Crippen molar-refractivity contribution in [1.29, 1.82) is 0 Å². The second kappa shape index (κ2) is 28.6. The molecule has 0 rings (SSSR count). The zero-order valence-corrected chi connectivity index (χ0v) is 20.8. The first-order valence-electron chi connectivity index (χ1n) is 14.0. The largest absolute Gasteiger partial charge is 0.103 e. The molecule has 30 heavy (non-hydrogen) atoms. The highest BCUT2D eigenvalue weighted by molar-refractivity contribution is 4.98. The maximum absolute atomic E-state index is 3.91. The fourth-order valence-electron chi connectivity index (χ4n) is 4.14. The summed E-state index contributed by atoms with van der Waals surface area (Å²) in [6, 6.07) is 0. The SMILES string of the molecule is [CH2]CCCCCCCCC#CCCCCCCCCCCCCCCCCCC[CH2]. The lowest BCUT2D eigenvalue weighted by molar-refractivity contribution is 0.529. The molecule has 0 N–H and O–H groups in total. The Morgan fingerprint density at radius 1 is 0.267 bits per heavy atom. The third kappa shape index (κ3) is 27.6. The van der Waals surface area contributed by atoms with Gasteiger partial charge < -0.3 is 0 Å². The van der Waals surface area contributed by atoms with Crippen LogP contribution in [0.1, 0.15) is 167 Å². The highest BCUT2D eigenvalue weighted by Gasteiger charge is 1.95. The van der Waals surface area contributed by atoms with Gasteiger partial charge >= 0.3 is 0 Å². The van der Waals surface area contributed by atoms with E-state index in [1.807, 2.05) is 0 Å². The van der Waals surface area contributed by atoms with E-state index in [0.717, 1.165) is 25.7 Å². The van der Waals surface area contributed by atoms with Crippen LogP contribution in [0.25, 0.3) is 0 Å². The molecule has 0 amide bonds. The van der Waals surface area contributed by atoms with Gasteiger partial charge in [0, 0.05) is 12.8 Å². The van der Waals surface area contributed by atoms with E-state index in [9.17, 15) is 0 Å². The fraction of sp³-hybridized carbons (Fsp3) is 0.867. The Balaban J connectivity index is 3.07. The lowest BCUT2D eigenvalue weighted by Crippen LogP contribution is -1.83. The Hall–Kier alpha value is -0.440. The molecular formula is C30H56. The van der Waals surface area contributed by atoms with Crippen molar-refractivity contribution in [2.75, 3.05) is 0 Å². The fourth-order valence-corrected chi connectivity index (χ4v) is 4.14. The molecule has 0 aromatic heterocycles. The predicted octanol–water partition coefficient (Wildman–Crippen LogP) is 10.8.